The zero-order chi connectivity index (χ0) is 13.3. The Labute approximate surface area is 130 Å². The molecule has 0 bridgehead atoms. The molecule has 0 unspecified atom stereocenters. The zero-order valence-corrected chi connectivity index (χ0v) is 15.1. The van der Waals surface area contributed by atoms with E-state index in [1.165, 1.54) is 38.9 Å². The van der Waals surface area contributed by atoms with Crippen LogP contribution in [0.1, 0.15) is 38.9 Å². The van der Waals surface area contributed by atoms with Crippen LogP contribution < -0.4 is 0 Å². The maximum atomic E-state index is 3.19. The van der Waals surface area contributed by atoms with Gasteiger partial charge in [0.2, 0.25) is 0 Å². The minimum absolute atomic E-state index is 0. The maximum Gasteiger partial charge on any atom is 0 e. The minimum Gasteiger partial charge on any atom is -0.183 e. The van der Waals surface area contributed by atoms with Gasteiger partial charge in [0.05, 0.1) is 0 Å². The summed E-state index contributed by atoms with van der Waals surface area (Å²) in [6.45, 7) is 10.9. The van der Waals surface area contributed by atoms with Crippen molar-refractivity contribution < 1.29 is 20.4 Å². The van der Waals surface area contributed by atoms with E-state index in [1.54, 1.807) is 0 Å². The van der Waals surface area contributed by atoms with Crippen molar-refractivity contribution in [2.24, 2.45) is 0 Å². The van der Waals surface area contributed by atoms with Crippen LogP contribution in [0.2, 0.25) is 0 Å². The molecular weight excluding hydrogens is 402 g/mol. The van der Waals surface area contributed by atoms with E-state index in [1.807, 2.05) is 0 Å². The predicted octanol–water partition coefficient (Wildman–Crippen LogP) is 4.62. The van der Waals surface area contributed by atoms with Crippen LogP contribution in [0.25, 0.3) is 0 Å². The number of rotatable bonds is 2. The molecule has 2 rings (SSSR count). The van der Waals surface area contributed by atoms with E-state index in [4.69, 9.17) is 0 Å². The molecule has 101 valence electrons. The topological polar surface area (TPSA) is 0 Å². The summed E-state index contributed by atoms with van der Waals surface area (Å²) in [5, 5.41) is 0. The van der Waals surface area contributed by atoms with Crippen molar-refractivity contribution in [1.82, 2.24) is 0 Å². The molecule has 0 heterocycles. The van der Waals surface area contributed by atoms with Gasteiger partial charge in [-0.15, -0.1) is 5.56 Å². The molecule has 0 saturated carbocycles. The number of hydrogen-bond acceptors (Lipinski definition) is 0. The first-order valence-electron chi connectivity index (χ1n) is 6.52. The zero-order valence-electron chi connectivity index (χ0n) is 12.4. The SMILES string of the molecule is Cc1cc(Cc2c(C)c[c-]cc2C)cc(C)c1C.[Re]. The third-order valence-electron chi connectivity index (χ3n) is 3.92. The standard InChI is InChI=1S/C18H21.Re/c1-12-7-6-8-13(2)18(12)11-17-9-14(3)16(5)15(4)10-17;/h7-10H,11H2,1-5H3;/q-1;. The minimum atomic E-state index is 0. The van der Waals surface area contributed by atoms with Crippen LogP contribution in [-0.2, 0) is 26.8 Å². The summed E-state index contributed by atoms with van der Waals surface area (Å²) in [7, 11) is 0. The second-order valence-corrected chi connectivity index (χ2v) is 5.33. The summed E-state index contributed by atoms with van der Waals surface area (Å²) in [6.07, 6.45) is 1.02. The van der Waals surface area contributed by atoms with E-state index < -0.39 is 0 Å². The third-order valence-corrected chi connectivity index (χ3v) is 3.92. The van der Waals surface area contributed by atoms with Gasteiger partial charge in [-0.1, -0.05) is 26.0 Å². The van der Waals surface area contributed by atoms with Crippen LogP contribution in [-0.4, -0.2) is 0 Å². The van der Waals surface area contributed by atoms with Gasteiger partial charge in [0.1, 0.15) is 0 Å². The van der Waals surface area contributed by atoms with Gasteiger partial charge in [0.25, 0.3) is 0 Å². The van der Waals surface area contributed by atoms with Crippen LogP contribution in [0.4, 0.5) is 0 Å². The first-order chi connectivity index (χ1) is 8.49. The van der Waals surface area contributed by atoms with Gasteiger partial charge in [-0.05, 0) is 49.4 Å². The van der Waals surface area contributed by atoms with Gasteiger partial charge in [-0.2, -0.15) is 29.3 Å². The molecule has 2 aromatic carbocycles. The van der Waals surface area contributed by atoms with Gasteiger partial charge in [-0.25, -0.2) is 0 Å². The van der Waals surface area contributed by atoms with Crippen molar-refractivity contribution in [2.75, 3.05) is 0 Å². The first-order valence-corrected chi connectivity index (χ1v) is 6.52. The maximum absolute atomic E-state index is 3.19. The Balaban J connectivity index is 0.00000180. The molecule has 1 radical (unpaired) electrons. The molecular formula is C18H21Re-. The number of aryl methyl sites for hydroxylation is 4. The fourth-order valence-electron chi connectivity index (χ4n) is 2.49. The summed E-state index contributed by atoms with van der Waals surface area (Å²) < 4.78 is 0. The molecule has 0 aromatic heterocycles. The van der Waals surface area contributed by atoms with E-state index in [2.05, 4.69) is 65.0 Å². The molecule has 1 heteroatoms. The Morgan fingerprint density at radius 2 is 1.26 bits per heavy atom. The van der Waals surface area contributed by atoms with Crippen LogP contribution in [0, 0.1) is 40.7 Å². The molecule has 2 aromatic rings. The molecule has 0 N–H and O–H groups in total. The molecule has 0 fully saturated rings. The van der Waals surface area contributed by atoms with Crippen LogP contribution in [0.3, 0.4) is 0 Å². The Morgan fingerprint density at radius 3 is 1.74 bits per heavy atom. The summed E-state index contributed by atoms with van der Waals surface area (Å²) in [4.78, 5) is 0. The molecule has 0 saturated heterocycles. The van der Waals surface area contributed by atoms with Crippen molar-refractivity contribution in [2.45, 2.75) is 41.0 Å². The molecule has 0 atom stereocenters. The Kier molecular flexibility index (Phi) is 5.53. The molecule has 0 spiro atoms. The Bertz CT molecular complexity index is 539. The van der Waals surface area contributed by atoms with Crippen molar-refractivity contribution in [3.05, 3.63) is 69.3 Å². The van der Waals surface area contributed by atoms with E-state index in [0.717, 1.165) is 6.42 Å². The average Bonchev–Trinajstić information content (AvgIpc) is 2.31. The first kappa shape index (κ1) is 16.2. The van der Waals surface area contributed by atoms with E-state index in [0.29, 0.717) is 0 Å². The second-order valence-electron chi connectivity index (χ2n) is 5.33. The normalized spacial score (nSPS) is 10.2. The molecule has 19 heavy (non-hydrogen) atoms. The van der Waals surface area contributed by atoms with E-state index in [9.17, 15) is 0 Å². The molecule has 0 aliphatic carbocycles. The molecule has 0 amide bonds. The number of hydrogen-bond donors (Lipinski definition) is 0. The molecule has 0 aliphatic rings. The smallest absolute Gasteiger partial charge is 0 e. The van der Waals surface area contributed by atoms with Gasteiger partial charge in [0.15, 0.2) is 0 Å². The van der Waals surface area contributed by atoms with Crippen LogP contribution in [0.5, 0.6) is 0 Å². The van der Waals surface area contributed by atoms with Gasteiger partial charge >= 0.3 is 0 Å². The monoisotopic (exact) mass is 424 g/mol. The predicted molar refractivity (Wildman–Crippen MR) is 78.2 cm³/mol. The summed E-state index contributed by atoms with van der Waals surface area (Å²) in [5.74, 6) is 0. The Morgan fingerprint density at radius 1 is 0.789 bits per heavy atom. The van der Waals surface area contributed by atoms with E-state index >= 15 is 0 Å². The molecule has 0 nitrogen and oxygen atoms in total. The van der Waals surface area contributed by atoms with Crippen LogP contribution in [0.15, 0.2) is 24.3 Å². The van der Waals surface area contributed by atoms with Crippen molar-refractivity contribution in [1.29, 1.82) is 0 Å². The average molecular weight is 424 g/mol. The van der Waals surface area contributed by atoms with Gasteiger partial charge < -0.3 is 0 Å². The van der Waals surface area contributed by atoms with E-state index in [-0.39, 0.29) is 20.4 Å². The fourth-order valence-corrected chi connectivity index (χ4v) is 2.49. The fraction of sp³-hybridized carbons (Fsp3) is 0.333. The van der Waals surface area contributed by atoms with Gasteiger partial charge in [0, 0.05) is 20.4 Å². The second kappa shape index (κ2) is 6.51. The Hall–Kier alpha value is -0.898. The van der Waals surface area contributed by atoms with Crippen molar-refractivity contribution in [3.8, 4) is 0 Å². The summed E-state index contributed by atoms with van der Waals surface area (Å²) in [5.41, 5.74) is 9.72. The number of benzene rings is 2. The quantitative estimate of drug-likeness (QED) is 0.619. The van der Waals surface area contributed by atoms with Crippen LogP contribution >= 0.6 is 0 Å². The van der Waals surface area contributed by atoms with Crippen molar-refractivity contribution in [3.63, 3.8) is 0 Å². The summed E-state index contributed by atoms with van der Waals surface area (Å²) in [6, 6.07) is 12.0. The molecule has 0 aliphatic heterocycles. The third kappa shape index (κ3) is 3.56. The van der Waals surface area contributed by atoms with Crippen molar-refractivity contribution >= 4 is 0 Å². The van der Waals surface area contributed by atoms with Gasteiger partial charge in [-0.3, -0.25) is 0 Å². The largest absolute Gasteiger partial charge is 0.183 e. The summed E-state index contributed by atoms with van der Waals surface area (Å²) >= 11 is 0.